The average Bonchev–Trinajstić information content (AvgIpc) is 2.38. The van der Waals surface area contributed by atoms with Crippen molar-refractivity contribution in [3.63, 3.8) is 0 Å². The highest BCUT2D eigenvalue weighted by atomic mass is 127. The van der Waals surface area contributed by atoms with Gasteiger partial charge >= 0.3 is 5.97 Å². The van der Waals surface area contributed by atoms with Crippen molar-refractivity contribution in [1.82, 2.24) is 0 Å². The number of carbonyl (C=O) groups excluding carboxylic acids is 2. The van der Waals surface area contributed by atoms with Gasteiger partial charge < -0.3 is 14.6 Å². The molecule has 0 unspecified atom stereocenters. The van der Waals surface area contributed by atoms with E-state index in [1.54, 1.807) is 24.3 Å². The van der Waals surface area contributed by atoms with Gasteiger partial charge in [0.15, 0.2) is 0 Å². The van der Waals surface area contributed by atoms with Crippen molar-refractivity contribution in [2.75, 3.05) is 4.43 Å². The molecule has 0 radical (unpaired) electrons. The van der Waals surface area contributed by atoms with Gasteiger partial charge in [-0.2, -0.15) is 0 Å². The number of hydrogen-bond acceptors (Lipinski definition) is 4. The van der Waals surface area contributed by atoms with E-state index in [2.05, 4.69) is 0 Å². The molecule has 0 heterocycles. The Bertz CT molecular complexity index is 621. The number of halogens is 1. The molecule has 0 aliphatic carbocycles. The molecule has 2 rings (SSSR count). The highest BCUT2D eigenvalue weighted by Crippen LogP contribution is 2.28. The fourth-order valence-electron chi connectivity index (χ4n) is 1.69. The van der Waals surface area contributed by atoms with E-state index in [0.29, 0.717) is 16.5 Å². The van der Waals surface area contributed by atoms with E-state index in [-0.39, 0.29) is 16.0 Å². The Balaban J connectivity index is 2.61. The van der Waals surface area contributed by atoms with Gasteiger partial charge in [-0.15, -0.1) is 0 Å². The Kier molecular flexibility index (Phi) is 3.81. The summed E-state index contributed by atoms with van der Waals surface area (Å²) >= 11 is 1.90. The van der Waals surface area contributed by atoms with E-state index in [1.165, 1.54) is 12.1 Å². The second-order valence-corrected chi connectivity index (χ2v) is 4.31. The van der Waals surface area contributed by atoms with Crippen LogP contribution in [0.5, 0.6) is 5.75 Å². The molecule has 4 nitrogen and oxygen atoms in total. The van der Waals surface area contributed by atoms with Crippen molar-refractivity contribution < 1.29 is 19.4 Å². The standard InChI is InChI=1S/C13H9IO4/c14-7-12(15)18-11-6-5-10(13(16)17)8-3-1-2-4-9(8)11/h1-6H,7H2,(H,16,17)/p-1. The normalized spacial score (nSPS) is 10.3. The van der Waals surface area contributed by atoms with Crippen LogP contribution in [-0.4, -0.2) is 16.4 Å². The Morgan fingerprint density at radius 2 is 1.78 bits per heavy atom. The zero-order valence-corrected chi connectivity index (χ0v) is 11.3. The van der Waals surface area contributed by atoms with Crippen molar-refractivity contribution in [3.05, 3.63) is 42.0 Å². The zero-order chi connectivity index (χ0) is 13.1. The number of carboxylic acid groups (broad SMARTS) is 1. The molecule has 0 aliphatic heterocycles. The summed E-state index contributed by atoms with van der Waals surface area (Å²) in [6.45, 7) is 0. The second kappa shape index (κ2) is 5.34. The van der Waals surface area contributed by atoms with Gasteiger partial charge in [0.05, 0.1) is 10.4 Å². The molecule has 0 saturated carbocycles. The number of esters is 1. The molecule has 0 atom stereocenters. The van der Waals surface area contributed by atoms with Gasteiger partial charge in [-0.3, -0.25) is 4.79 Å². The van der Waals surface area contributed by atoms with Crippen LogP contribution in [0.25, 0.3) is 10.8 Å². The number of ether oxygens (including phenoxy) is 1. The molecule has 92 valence electrons. The summed E-state index contributed by atoms with van der Waals surface area (Å²) in [6, 6.07) is 9.69. The zero-order valence-electron chi connectivity index (χ0n) is 9.18. The van der Waals surface area contributed by atoms with Crippen molar-refractivity contribution in [1.29, 1.82) is 0 Å². The maximum absolute atomic E-state index is 11.3. The van der Waals surface area contributed by atoms with Crippen LogP contribution in [0.4, 0.5) is 0 Å². The summed E-state index contributed by atoms with van der Waals surface area (Å²) in [5.74, 6) is -1.27. The van der Waals surface area contributed by atoms with Gasteiger partial charge in [-0.05, 0) is 17.5 Å². The van der Waals surface area contributed by atoms with Crippen LogP contribution in [0.3, 0.4) is 0 Å². The van der Waals surface area contributed by atoms with Crippen LogP contribution in [0, 0.1) is 0 Å². The summed E-state index contributed by atoms with van der Waals surface area (Å²) < 4.78 is 5.38. The highest BCUT2D eigenvalue weighted by molar-refractivity contribution is 14.1. The second-order valence-electron chi connectivity index (χ2n) is 3.55. The molecule has 0 N–H and O–H groups in total. The van der Waals surface area contributed by atoms with E-state index in [9.17, 15) is 14.7 Å². The molecule has 2 aromatic rings. The fourth-order valence-corrected chi connectivity index (χ4v) is 1.84. The number of carbonyl (C=O) groups is 2. The van der Waals surface area contributed by atoms with Crippen LogP contribution in [-0.2, 0) is 4.79 Å². The van der Waals surface area contributed by atoms with Crippen molar-refractivity contribution in [2.24, 2.45) is 0 Å². The van der Waals surface area contributed by atoms with Crippen LogP contribution in [0.1, 0.15) is 10.4 Å². The van der Waals surface area contributed by atoms with Gasteiger partial charge in [0.1, 0.15) is 5.75 Å². The molecule has 0 fully saturated rings. The maximum atomic E-state index is 11.3. The van der Waals surface area contributed by atoms with Crippen LogP contribution < -0.4 is 9.84 Å². The smallest absolute Gasteiger partial charge is 0.321 e. The summed E-state index contributed by atoms with van der Waals surface area (Å²) in [6.07, 6.45) is 0. The Labute approximate surface area is 117 Å². The number of hydrogen-bond donors (Lipinski definition) is 0. The third-order valence-corrected chi connectivity index (χ3v) is 3.06. The lowest BCUT2D eigenvalue weighted by Crippen LogP contribution is -2.22. The molecule has 0 spiro atoms. The first-order valence-corrected chi connectivity index (χ1v) is 6.66. The number of carboxylic acids is 1. The summed E-state index contributed by atoms with van der Waals surface area (Å²) in [5, 5.41) is 12.1. The van der Waals surface area contributed by atoms with Crippen LogP contribution >= 0.6 is 22.6 Å². The SMILES string of the molecule is O=C(CI)Oc1ccc(C(=O)[O-])c2ccccc12. The first-order valence-electron chi connectivity index (χ1n) is 5.13. The monoisotopic (exact) mass is 355 g/mol. The first kappa shape index (κ1) is 12.8. The number of benzene rings is 2. The molecular weight excluding hydrogens is 347 g/mol. The van der Waals surface area contributed by atoms with E-state index in [0.717, 1.165) is 0 Å². The Hall–Kier alpha value is -1.63. The lowest BCUT2D eigenvalue weighted by molar-refractivity contribution is -0.254. The molecule has 0 amide bonds. The van der Waals surface area contributed by atoms with Gasteiger partial charge in [-0.25, -0.2) is 0 Å². The molecule has 0 bridgehead atoms. The summed E-state index contributed by atoms with van der Waals surface area (Å²) in [4.78, 5) is 22.3. The van der Waals surface area contributed by atoms with Gasteiger partial charge in [-0.1, -0.05) is 46.9 Å². The lowest BCUT2D eigenvalue weighted by Gasteiger charge is -2.11. The Morgan fingerprint density at radius 1 is 1.11 bits per heavy atom. The van der Waals surface area contributed by atoms with Gasteiger partial charge in [0, 0.05) is 10.9 Å². The number of rotatable bonds is 3. The number of fused-ring (bicyclic) bond motifs is 1. The third kappa shape index (κ3) is 2.45. The van der Waals surface area contributed by atoms with Crippen molar-refractivity contribution >= 4 is 45.3 Å². The number of aromatic carboxylic acids is 1. The predicted molar refractivity (Wildman–Crippen MR) is 72.8 cm³/mol. The molecule has 0 aliphatic rings. The van der Waals surface area contributed by atoms with E-state index >= 15 is 0 Å². The largest absolute Gasteiger partial charge is 0.545 e. The minimum Gasteiger partial charge on any atom is -0.545 e. The molecular formula is C13H8IO4-. The first-order chi connectivity index (χ1) is 8.63. The average molecular weight is 355 g/mol. The molecule has 0 aromatic heterocycles. The highest BCUT2D eigenvalue weighted by Gasteiger charge is 2.10. The van der Waals surface area contributed by atoms with Gasteiger partial charge in [0.25, 0.3) is 0 Å². The van der Waals surface area contributed by atoms with Crippen LogP contribution in [0.15, 0.2) is 36.4 Å². The predicted octanol–water partition coefficient (Wildman–Crippen LogP) is 1.54. The maximum Gasteiger partial charge on any atom is 0.321 e. The van der Waals surface area contributed by atoms with Crippen LogP contribution in [0.2, 0.25) is 0 Å². The fraction of sp³-hybridized carbons (Fsp3) is 0.0769. The van der Waals surface area contributed by atoms with E-state index in [4.69, 9.17) is 4.74 Å². The molecule has 2 aromatic carbocycles. The minimum absolute atomic E-state index is 0.0832. The summed E-state index contributed by atoms with van der Waals surface area (Å²) in [7, 11) is 0. The lowest BCUT2D eigenvalue weighted by atomic mass is 10.0. The van der Waals surface area contributed by atoms with Crippen molar-refractivity contribution in [2.45, 2.75) is 0 Å². The molecule has 5 heteroatoms. The van der Waals surface area contributed by atoms with Gasteiger partial charge in [0.2, 0.25) is 0 Å². The third-order valence-electron chi connectivity index (χ3n) is 2.44. The number of alkyl halides is 1. The minimum atomic E-state index is -1.25. The quantitative estimate of drug-likeness (QED) is 0.363. The van der Waals surface area contributed by atoms with E-state index < -0.39 is 5.97 Å². The summed E-state index contributed by atoms with van der Waals surface area (Å²) in [5.41, 5.74) is 0.0832. The Morgan fingerprint density at radius 3 is 2.39 bits per heavy atom. The van der Waals surface area contributed by atoms with E-state index in [1.807, 2.05) is 22.6 Å². The molecule has 0 saturated heterocycles. The van der Waals surface area contributed by atoms with Crippen molar-refractivity contribution in [3.8, 4) is 5.75 Å². The topological polar surface area (TPSA) is 66.4 Å². The molecule has 18 heavy (non-hydrogen) atoms.